The summed E-state index contributed by atoms with van der Waals surface area (Å²) in [5, 5.41) is 3.22. The van der Waals surface area contributed by atoms with E-state index in [1.54, 1.807) is 12.1 Å². The zero-order valence-electron chi connectivity index (χ0n) is 12.1. The lowest BCUT2D eigenvalue weighted by Gasteiger charge is -2.32. The van der Waals surface area contributed by atoms with Crippen molar-refractivity contribution in [2.45, 2.75) is 25.2 Å². The van der Waals surface area contributed by atoms with Crippen LogP contribution < -0.4 is 5.32 Å². The van der Waals surface area contributed by atoms with Crippen molar-refractivity contribution < 1.29 is 18.7 Å². The maximum atomic E-state index is 13.6. The molecule has 2 heterocycles. The van der Waals surface area contributed by atoms with Crippen LogP contribution in [0.15, 0.2) is 40.7 Å². The van der Waals surface area contributed by atoms with Gasteiger partial charge in [0.2, 0.25) is 0 Å². The number of cyclic esters (lactones) is 1. The van der Waals surface area contributed by atoms with Gasteiger partial charge in [-0.15, -0.1) is 0 Å². The molecular weight excluding hydrogens is 412 g/mol. The molecule has 0 bridgehead atoms. The van der Waals surface area contributed by atoms with Crippen LogP contribution in [0.2, 0.25) is 0 Å². The Hall–Kier alpha value is -1.70. The Labute approximate surface area is 145 Å². The minimum Gasteiger partial charge on any atom is -0.456 e. The summed E-state index contributed by atoms with van der Waals surface area (Å²) in [4.78, 5) is 24.7. The molecule has 0 aromatic heterocycles. The summed E-state index contributed by atoms with van der Waals surface area (Å²) in [5.74, 6) is -1.12. The molecule has 118 valence electrons. The molecule has 23 heavy (non-hydrogen) atoms. The van der Waals surface area contributed by atoms with Gasteiger partial charge in [0.15, 0.2) is 5.78 Å². The third-order valence-corrected chi connectivity index (χ3v) is 5.33. The van der Waals surface area contributed by atoms with Gasteiger partial charge < -0.3 is 10.1 Å². The maximum Gasteiger partial charge on any atom is 0.337 e. The predicted octanol–water partition coefficient (Wildman–Crippen LogP) is 2.94. The lowest BCUT2D eigenvalue weighted by Crippen LogP contribution is -2.32. The van der Waals surface area contributed by atoms with Gasteiger partial charge in [0, 0.05) is 27.2 Å². The number of hydrogen-bond donors (Lipinski definition) is 1. The molecule has 3 aliphatic rings. The summed E-state index contributed by atoms with van der Waals surface area (Å²) in [6.45, 7) is 0.202. The molecule has 0 spiro atoms. The van der Waals surface area contributed by atoms with Gasteiger partial charge in [-0.05, 0) is 53.1 Å². The average molecular weight is 425 g/mol. The highest BCUT2D eigenvalue weighted by Crippen LogP contribution is 2.44. The number of ketones is 1. The van der Waals surface area contributed by atoms with Crippen molar-refractivity contribution in [3.63, 3.8) is 0 Å². The van der Waals surface area contributed by atoms with Crippen LogP contribution >= 0.6 is 22.6 Å². The van der Waals surface area contributed by atoms with Crippen LogP contribution in [-0.2, 0) is 14.3 Å². The zero-order chi connectivity index (χ0) is 16.1. The van der Waals surface area contributed by atoms with E-state index in [1.165, 1.54) is 6.07 Å². The number of esters is 1. The van der Waals surface area contributed by atoms with Gasteiger partial charge in [0.05, 0.1) is 11.3 Å². The second kappa shape index (κ2) is 5.43. The Kier molecular flexibility index (Phi) is 3.51. The predicted molar refractivity (Wildman–Crippen MR) is 88.9 cm³/mol. The SMILES string of the molecule is O=C1CCCC2=C1[C@H](c1ccc(F)c(I)c1)C1=C(COC1=O)N2. The van der Waals surface area contributed by atoms with Crippen LogP contribution in [0, 0.1) is 9.39 Å². The standard InChI is InChI=1S/C17H13FINO3/c18-9-5-4-8(6-10(9)19)14-15-11(2-1-3-13(15)21)20-12-7-23-17(22)16(12)14/h4-6,14,20H,1-3,7H2/t14-/m0/s1. The Morgan fingerprint density at radius 1 is 1.17 bits per heavy atom. The lowest BCUT2D eigenvalue weighted by atomic mass is 9.75. The first kappa shape index (κ1) is 14.9. The zero-order valence-corrected chi connectivity index (χ0v) is 14.3. The minimum absolute atomic E-state index is 0.0503. The number of carbonyl (C=O) groups is 2. The van der Waals surface area contributed by atoms with Gasteiger partial charge in [0.25, 0.3) is 0 Å². The summed E-state index contributed by atoms with van der Waals surface area (Å²) in [5.41, 5.74) is 3.49. The number of ether oxygens (including phenoxy) is 1. The summed E-state index contributed by atoms with van der Waals surface area (Å²) >= 11 is 1.92. The van der Waals surface area contributed by atoms with Crippen molar-refractivity contribution in [1.29, 1.82) is 0 Å². The fraction of sp³-hybridized carbons (Fsp3) is 0.294. The van der Waals surface area contributed by atoms with Crippen LogP contribution in [0.1, 0.15) is 30.7 Å². The van der Waals surface area contributed by atoms with Gasteiger partial charge in [-0.25, -0.2) is 9.18 Å². The minimum atomic E-state index is -0.460. The molecule has 0 radical (unpaired) electrons. The Balaban J connectivity index is 1.91. The molecule has 0 saturated heterocycles. The van der Waals surface area contributed by atoms with Gasteiger partial charge >= 0.3 is 5.97 Å². The summed E-state index contributed by atoms with van der Waals surface area (Å²) < 4.78 is 19.2. The first-order chi connectivity index (χ1) is 11.1. The van der Waals surface area contributed by atoms with E-state index in [0.717, 1.165) is 29.8 Å². The van der Waals surface area contributed by atoms with Gasteiger partial charge in [-0.3, -0.25) is 4.79 Å². The molecule has 1 aromatic rings. The fourth-order valence-corrected chi connectivity index (χ4v) is 4.03. The number of halogens is 2. The van der Waals surface area contributed by atoms with E-state index in [1.807, 2.05) is 22.6 Å². The number of allylic oxidation sites excluding steroid dienone is 2. The fourth-order valence-electron chi connectivity index (χ4n) is 3.49. The molecule has 0 saturated carbocycles. The number of rotatable bonds is 1. The number of nitrogens with one attached hydrogen (secondary N) is 1. The van der Waals surface area contributed by atoms with Gasteiger partial charge in [-0.1, -0.05) is 6.07 Å². The van der Waals surface area contributed by atoms with Crippen molar-refractivity contribution in [2.24, 2.45) is 0 Å². The first-order valence-corrected chi connectivity index (χ1v) is 8.52. The molecule has 1 N–H and O–H groups in total. The molecule has 0 fully saturated rings. The van der Waals surface area contributed by atoms with Crippen molar-refractivity contribution in [3.05, 3.63) is 55.7 Å². The highest BCUT2D eigenvalue weighted by Gasteiger charge is 2.42. The van der Waals surface area contributed by atoms with E-state index >= 15 is 0 Å². The maximum absolute atomic E-state index is 13.6. The van der Waals surface area contributed by atoms with E-state index in [2.05, 4.69) is 5.32 Å². The largest absolute Gasteiger partial charge is 0.456 e. The summed E-state index contributed by atoms with van der Waals surface area (Å²) in [6, 6.07) is 4.73. The molecule has 2 aliphatic heterocycles. The third-order valence-electron chi connectivity index (χ3n) is 4.50. The highest BCUT2D eigenvalue weighted by molar-refractivity contribution is 14.1. The van der Waals surface area contributed by atoms with Crippen LogP contribution in [0.4, 0.5) is 4.39 Å². The van der Waals surface area contributed by atoms with Crippen molar-refractivity contribution in [2.75, 3.05) is 6.61 Å². The molecule has 1 atom stereocenters. The number of hydrogen-bond acceptors (Lipinski definition) is 4. The molecule has 6 heteroatoms. The third kappa shape index (κ3) is 2.31. The Bertz CT molecular complexity index is 812. The number of Topliss-reactive ketones (excluding diaryl/α,β-unsaturated/α-hetero) is 1. The normalized spacial score (nSPS) is 23.5. The smallest absolute Gasteiger partial charge is 0.337 e. The van der Waals surface area contributed by atoms with E-state index in [9.17, 15) is 14.0 Å². The molecule has 4 rings (SSSR count). The second-order valence-electron chi connectivity index (χ2n) is 5.87. The van der Waals surface area contributed by atoms with Crippen molar-refractivity contribution in [3.8, 4) is 0 Å². The van der Waals surface area contributed by atoms with E-state index < -0.39 is 11.9 Å². The molecule has 0 amide bonds. The molecule has 1 aromatic carbocycles. The average Bonchev–Trinajstić information content (AvgIpc) is 2.90. The first-order valence-electron chi connectivity index (χ1n) is 7.44. The van der Waals surface area contributed by atoms with Gasteiger partial charge in [-0.2, -0.15) is 0 Å². The van der Waals surface area contributed by atoms with Crippen LogP contribution in [0.3, 0.4) is 0 Å². The van der Waals surface area contributed by atoms with E-state index in [4.69, 9.17) is 4.74 Å². The van der Waals surface area contributed by atoms with E-state index in [0.29, 0.717) is 21.1 Å². The quantitative estimate of drug-likeness (QED) is 0.556. The van der Waals surface area contributed by atoms with Crippen LogP contribution in [0.25, 0.3) is 0 Å². The molecule has 0 unspecified atom stereocenters. The highest BCUT2D eigenvalue weighted by atomic mass is 127. The summed E-state index contributed by atoms with van der Waals surface area (Å²) in [6.07, 6.45) is 2.06. The second-order valence-corrected chi connectivity index (χ2v) is 7.03. The Morgan fingerprint density at radius 3 is 2.78 bits per heavy atom. The van der Waals surface area contributed by atoms with Crippen molar-refractivity contribution in [1.82, 2.24) is 5.32 Å². The number of carbonyl (C=O) groups excluding carboxylic acids is 2. The molecular formula is C17H13FINO3. The van der Waals surface area contributed by atoms with E-state index in [-0.39, 0.29) is 18.2 Å². The van der Waals surface area contributed by atoms with Crippen molar-refractivity contribution >= 4 is 34.3 Å². The molecule has 1 aliphatic carbocycles. The molecule has 4 nitrogen and oxygen atoms in total. The topological polar surface area (TPSA) is 55.4 Å². The monoisotopic (exact) mass is 425 g/mol. The summed E-state index contributed by atoms with van der Waals surface area (Å²) in [7, 11) is 0. The Morgan fingerprint density at radius 2 is 2.00 bits per heavy atom. The van der Waals surface area contributed by atoms with Gasteiger partial charge in [0.1, 0.15) is 12.4 Å². The number of benzene rings is 1. The van der Waals surface area contributed by atoms with Crippen LogP contribution in [-0.4, -0.2) is 18.4 Å². The van der Waals surface area contributed by atoms with Crippen LogP contribution in [0.5, 0.6) is 0 Å². The number of dihydropyridines is 1. The lowest BCUT2D eigenvalue weighted by molar-refractivity contribution is -0.136.